The highest BCUT2D eigenvalue weighted by Gasteiger charge is 2.23. The van der Waals surface area contributed by atoms with Crippen molar-refractivity contribution in [2.45, 2.75) is 38.0 Å². The number of hydrogen-bond donors (Lipinski definition) is 2. The second-order valence-electron chi connectivity index (χ2n) is 9.22. The number of carbonyl (C=O) groups excluding carboxylic acids is 1. The van der Waals surface area contributed by atoms with Crippen molar-refractivity contribution in [3.63, 3.8) is 0 Å². The molecule has 182 valence electrons. The molecule has 0 saturated heterocycles. The zero-order chi connectivity index (χ0) is 25.4. The number of aromatic nitrogens is 1. The average molecular weight is 511 g/mol. The Bertz CT molecular complexity index is 1500. The van der Waals surface area contributed by atoms with Gasteiger partial charge in [-0.15, -0.1) is 0 Å². The van der Waals surface area contributed by atoms with Crippen LogP contribution >= 0.6 is 11.6 Å². The SMILES string of the molecule is CCOC(=O)c1[nH]c2ccc(NS(=O)(=O)c3ccc(C(C)(C)C)cc3)cc2c1-c1ccccc1Cl. The van der Waals surface area contributed by atoms with E-state index in [0.29, 0.717) is 32.7 Å². The Hall–Kier alpha value is -3.29. The number of rotatable bonds is 6. The van der Waals surface area contributed by atoms with Gasteiger partial charge >= 0.3 is 5.97 Å². The third-order valence-electron chi connectivity index (χ3n) is 5.70. The number of H-pyrrole nitrogens is 1. The van der Waals surface area contributed by atoms with Gasteiger partial charge in [0.05, 0.1) is 11.5 Å². The number of halogens is 1. The highest BCUT2D eigenvalue weighted by Crippen LogP contribution is 2.38. The molecule has 0 spiro atoms. The van der Waals surface area contributed by atoms with E-state index in [9.17, 15) is 13.2 Å². The molecule has 0 aliphatic rings. The summed E-state index contributed by atoms with van der Waals surface area (Å²) < 4.78 is 34.1. The summed E-state index contributed by atoms with van der Waals surface area (Å²) >= 11 is 6.46. The van der Waals surface area contributed by atoms with Crippen molar-refractivity contribution in [3.05, 3.63) is 83.0 Å². The lowest BCUT2D eigenvalue weighted by Gasteiger charge is -2.19. The molecular formula is C27H27ClN2O4S. The summed E-state index contributed by atoms with van der Waals surface area (Å²) in [5.74, 6) is -0.514. The van der Waals surface area contributed by atoms with Gasteiger partial charge in [-0.25, -0.2) is 13.2 Å². The second-order valence-corrected chi connectivity index (χ2v) is 11.3. The molecule has 4 aromatic rings. The van der Waals surface area contributed by atoms with Crippen molar-refractivity contribution >= 4 is 44.2 Å². The van der Waals surface area contributed by atoms with E-state index in [1.165, 1.54) is 0 Å². The second kappa shape index (κ2) is 9.40. The first kappa shape index (κ1) is 24.8. The molecule has 0 saturated carbocycles. The van der Waals surface area contributed by atoms with Crippen LogP contribution in [0.25, 0.3) is 22.0 Å². The van der Waals surface area contributed by atoms with Gasteiger partial charge < -0.3 is 9.72 Å². The van der Waals surface area contributed by atoms with Gasteiger partial charge in [0.2, 0.25) is 0 Å². The fourth-order valence-corrected chi connectivity index (χ4v) is 5.18. The maximum Gasteiger partial charge on any atom is 0.355 e. The van der Waals surface area contributed by atoms with E-state index in [1.54, 1.807) is 55.5 Å². The lowest BCUT2D eigenvalue weighted by molar-refractivity contribution is 0.0521. The molecule has 0 aliphatic heterocycles. The van der Waals surface area contributed by atoms with E-state index in [1.807, 2.05) is 18.2 Å². The molecular weight excluding hydrogens is 484 g/mol. The fraction of sp³-hybridized carbons (Fsp3) is 0.222. The Morgan fingerprint density at radius 1 is 1.03 bits per heavy atom. The first-order valence-electron chi connectivity index (χ1n) is 11.2. The number of sulfonamides is 1. The Morgan fingerprint density at radius 2 is 1.71 bits per heavy atom. The first-order valence-corrected chi connectivity index (χ1v) is 13.1. The molecule has 0 fully saturated rings. The van der Waals surface area contributed by atoms with Crippen LogP contribution in [0.4, 0.5) is 5.69 Å². The Balaban J connectivity index is 1.78. The molecule has 4 rings (SSSR count). The lowest BCUT2D eigenvalue weighted by atomic mass is 9.87. The zero-order valence-corrected chi connectivity index (χ0v) is 21.5. The number of carbonyl (C=O) groups is 1. The van der Waals surface area contributed by atoms with Gasteiger partial charge in [0.1, 0.15) is 5.69 Å². The van der Waals surface area contributed by atoms with Crippen LogP contribution < -0.4 is 4.72 Å². The van der Waals surface area contributed by atoms with Gasteiger partial charge in [-0.1, -0.05) is 62.7 Å². The Morgan fingerprint density at radius 3 is 2.34 bits per heavy atom. The van der Waals surface area contributed by atoms with Crippen molar-refractivity contribution in [1.82, 2.24) is 4.98 Å². The third kappa shape index (κ3) is 5.06. The minimum absolute atomic E-state index is 0.0826. The highest BCUT2D eigenvalue weighted by atomic mass is 35.5. The van der Waals surface area contributed by atoms with Crippen LogP contribution in [0.1, 0.15) is 43.7 Å². The van der Waals surface area contributed by atoms with Gasteiger partial charge in [0.15, 0.2) is 0 Å². The van der Waals surface area contributed by atoms with Gasteiger partial charge in [-0.2, -0.15) is 0 Å². The van der Waals surface area contributed by atoms with Crippen LogP contribution in [-0.4, -0.2) is 26.0 Å². The van der Waals surface area contributed by atoms with E-state index in [2.05, 4.69) is 30.5 Å². The topological polar surface area (TPSA) is 88.3 Å². The molecule has 1 aromatic heterocycles. The fourth-order valence-electron chi connectivity index (χ4n) is 3.90. The molecule has 0 unspecified atom stereocenters. The van der Waals surface area contributed by atoms with Gasteiger partial charge in [0, 0.05) is 32.7 Å². The van der Waals surface area contributed by atoms with Crippen LogP contribution in [0.5, 0.6) is 0 Å². The monoisotopic (exact) mass is 510 g/mol. The van der Waals surface area contributed by atoms with E-state index >= 15 is 0 Å². The summed E-state index contributed by atoms with van der Waals surface area (Å²) in [5.41, 5.74) is 3.43. The van der Waals surface area contributed by atoms with Gasteiger partial charge in [-0.05, 0) is 54.3 Å². The number of aromatic amines is 1. The molecule has 0 bridgehead atoms. The van der Waals surface area contributed by atoms with E-state index < -0.39 is 16.0 Å². The molecule has 1 heterocycles. The molecule has 8 heteroatoms. The molecule has 35 heavy (non-hydrogen) atoms. The molecule has 0 amide bonds. The molecule has 0 atom stereocenters. The summed E-state index contributed by atoms with van der Waals surface area (Å²) in [6.07, 6.45) is 0. The normalized spacial score (nSPS) is 12.0. The minimum Gasteiger partial charge on any atom is -0.461 e. The predicted octanol–water partition coefficient (Wildman–Crippen LogP) is 6.76. The summed E-state index contributed by atoms with van der Waals surface area (Å²) in [5, 5.41) is 1.10. The summed E-state index contributed by atoms with van der Waals surface area (Å²) in [6.45, 7) is 8.16. The number of esters is 1. The Kier molecular flexibility index (Phi) is 6.66. The standard InChI is InChI=1S/C27H27ClN2O4S/c1-5-34-26(31)25-24(20-8-6-7-9-22(20)28)21-16-18(12-15-23(21)29-25)30-35(32,33)19-13-10-17(11-14-19)27(2,3)4/h6-16,29-30H,5H2,1-4H3. The number of anilines is 1. The predicted molar refractivity (Wildman–Crippen MR) is 141 cm³/mol. The number of hydrogen-bond acceptors (Lipinski definition) is 4. The van der Waals surface area contributed by atoms with Crippen LogP contribution in [0.15, 0.2) is 71.6 Å². The smallest absolute Gasteiger partial charge is 0.355 e. The maximum absolute atomic E-state index is 13.1. The number of ether oxygens (including phenoxy) is 1. The number of nitrogens with one attached hydrogen (secondary N) is 2. The van der Waals surface area contributed by atoms with Crippen LogP contribution in [0.3, 0.4) is 0 Å². The van der Waals surface area contributed by atoms with Crippen LogP contribution in [-0.2, 0) is 20.2 Å². The van der Waals surface area contributed by atoms with Crippen molar-refractivity contribution in [2.75, 3.05) is 11.3 Å². The Labute approximate surface area is 210 Å². The van der Waals surface area contributed by atoms with Gasteiger partial charge in [-0.3, -0.25) is 4.72 Å². The molecule has 6 nitrogen and oxygen atoms in total. The van der Waals surface area contributed by atoms with E-state index in [-0.39, 0.29) is 22.6 Å². The minimum atomic E-state index is -3.83. The maximum atomic E-state index is 13.1. The largest absolute Gasteiger partial charge is 0.461 e. The van der Waals surface area contributed by atoms with Crippen LogP contribution in [0.2, 0.25) is 5.02 Å². The zero-order valence-electron chi connectivity index (χ0n) is 20.0. The van der Waals surface area contributed by atoms with Crippen molar-refractivity contribution in [1.29, 1.82) is 0 Å². The number of benzene rings is 3. The summed E-state index contributed by atoms with van der Waals surface area (Å²) in [7, 11) is -3.83. The highest BCUT2D eigenvalue weighted by molar-refractivity contribution is 7.92. The summed E-state index contributed by atoms with van der Waals surface area (Å²) in [4.78, 5) is 16.0. The number of fused-ring (bicyclic) bond motifs is 1. The summed E-state index contributed by atoms with van der Waals surface area (Å²) in [6, 6.07) is 19.1. The quantitative estimate of drug-likeness (QED) is 0.280. The van der Waals surface area contributed by atoms with E-state index in [4.69, 9.17) is 16.3 Å². The van der Waals surface area contributed by atoms with Gasteiger partial charge in [0.25, 0.3) is 10.0 Å². The van der Waals surface area contributed by atoms with E-state index in [0.717, 1.165) is 5.56 Å². The van der Waals surface area contributed by atoms with Crippen molar-refractivity contribution in [2.24, 2.45) is 0 Å². The van der Waals surface area contributed by atoms with Crippen LogP contribution in [0, 0.1) is 0 Å². The molecule has 0 aliphatic carbocycles. The average Bonchev–Trinajstić information content (AvgIpc) is 3.17. The van der Waals surface area contributed by atoms with Crippen molar-refractivity contribution < 1.29 is 17.9 Å². The first-order chi connectivity index (χ1) is 16.5. The molecule has 2 N–H and O–H groups in total. The lowest BCUT2D eigenvalue weighted by Crippen LogP contribution is -2.14. The molecule has 0 radical (unpaired) electrons. The third-order valence-corrected chi connectivity index (χ3v) is 7.43. The molecule has 3 aromatic carbocycles. The van der Waals surface area contributed by atoms with Crippen molar-refractivity contribution in [3.8, 4) is 11.1 Å².